The van der Waals surface area contributed by atoms with E-state index in [9.17, 15) is 70.8 Å². The Morgan fingerprint density at radius 3 is 1.08 bits per heavy atom. The van der Waals surface area contributed by atoms with Gasteiger partial charge in [0.1, 0.15) is 0 Å². The van der Waals surface area contributed by atoms with Gasteiger partial charge in [0.25, 0.3) is 0 Å². The monoisotopic (exact) mass is 399 g/mol. The van der Waals surface area contributed by atoms with Gasteiger partial charge in [-0.15, -0.1) is 0 Å². The van der Waals surface area contributed by atoms with Crippen molar-refractivity contribution in [2.45, 2.75) is 35.8 Å². The average molecular weight is 399 g/mol. The molecule has 0 aliphatic rings. The normalized spacial score (nSPS) is 15.5. The van der Waals surface area contributed by atoms with Crippen molar-refractivity contribution in [2.24, 2.45) is 0 Å². The molecule has 0 unspecified atom stereocenters. The molecule has 0 saturated carbocycles. The van der Waals surface area contributed by atoms with Crippen LogP contribution in [0.3, 0.4) is 0 Å². The van der Waals surface area contributed by atoms with Crippen molar-refractivity contribution in [2.75, 3.05) is 0 Å². The number of carbonyl (C=O) groups excluding carboxylic acids is 1. The minimum Gasteiger partial charge on any atom is -0.262 e. The highest BCUT2D eigenvalue weighted by molar-refractivity contribution is 5.83. The number of alkyl halides is 13. The summed E-state index contributed by atoms with van der Waals surface area (Å²) in [6.45, 7) is 0. The SMILES string of the molecule is O=C(N(F)F)C(F)(F)C(F)(F)C(F)(F)C(F)(F)C(F)(F)C(F)(F)F. The highest BCUT2D eigenvalue weighted by Crippen LogP contribution is 2.60. The second-order valence-electron chi connectivity index (χ2n) is 3.91. The smallest absolute Gasteiger partial charge is 0.262 e. The Morgan fingerprint density at radius 2 is 0.833 bits per heavy atom. The van der Waals surface area contributed by atoms with Crippen molar-refractivity contribution in [3.8, 4) is 0 Å². The van der Waals surface area contributed by atoms with Gasteiger partial charge >= 0.3 is 41.7 Å². The van der Waals surface area contributed by atoms with E-state index in [-0.39, 0.29) is 0 Å². The van der Waals surface area contributed by atoms with E-state index in [0.29, 0.717) is 0 Å². The van der Waals surface area contributed by atoms with Crippen molar-refractivity contribution in [1.82, 2.24) is 5.34 Å². The molecule has 0 fully saturated rings. The molecule has 0 heterocycles. The number of carbonyl (C=O) groups is 1. The number of rotatable bonds is 5. The van der Waals surface area contributed by atoms with Crippen molar-refractivity contribution >= 4 is 5.91 Å². The van der Waals surface area contributed by atoms with Crippen LogP contribution in [0.15, 0.2) is 0 Å². The zero-order valence-electron chi connectivity index (χ0n) is 10.0. The standard InChI is InChI=1S/C7F15NO/c8-2(9,1(24)23(21)22)3(10,11)4(12,13)5(14,15)6(16,17)7(18,19)20. The van der Waals surface area contributed by atoms with Crippen LogP contribution in [-0.2, 0) is 4.79 Å². The molecule has 0 atom stereocenters. The molecule has 0 radical (unpaired) electrons. The van der Waals surface area contributed by atoms with E-state index < -0.39 is 47.0 Å². The Hall–Kier alpha value is -1.58. The summed E-state index contributed by atoms with van der Waals surface area (Å²) in [5.74, 6) is -44.6. The van der Waals surface area contributed by atoms with Crippen LogP contribution in [0, 0.1) is 0 Å². The lowest BCUT2D eigenvalue weighted by atomic mass is 9.93. The Bertz CT molecular complexity index is 491. The van der Waals surface area contributed by atoms with Gasteiger partial charge in [-0.3, -0.25) is 4.79 Å². The van der Waals surface area contributed by atoms with Crippen molar-refractivity contribution in [3.05, 3.63) is 0 Å². The zero-order chi connectivity index (χ0) is 20.2. The van der Waals surface area contributed by atoms with Crippen LogP contribution in [0.1, 0.15) is 0 Å². The van der Waals surface area contributed by atoms with Gasteiger partial charge in [0.15, 0.2) is 0 Å². The van der Waals surface area contributed by atoms with E-state index in [2.05, 4.69) is 0 Å². The molecule has 17 heteroatoms. The molecule has 0 N–H and O–H groups in total. The maximum Gasteiger partial charge on any atom is 0.460 e. The first kappa shape index (κ1) is 22.4. The van der Waals surface area contributed by atoms with Gasteiger partial charge in [0.05, 0.1) is 0 Å². The molecular formula is C7F15NO. The molecule has 2 nitrogen and oxygen atoms in total. The number of nitrogens with zero attached hydrogens (tertiary/aromatic N) is 1. The molecule has 0 aliphatic carbocycles. The fourth-order valence-corrected chi connectivity index (χ4v) is 1.01. The Labute approximate surface area is 119 Å². The number of amides is 1. The van der Waals surface area contributed by atoms with Crippen LogP contribution in [0.5, 0.6) is 0 Å². The lowest BCUT2D eigenvalue weighted by Gasteiger charge is -2.38. The summed E-state index contributed by atoms with van der Waals surface area (Å²) in [7, 11) is 0. The molecule has 24 heavy (non-hydrogen) atoms. The molecule has 0 aromatic carbocycles. The third-order valence-corrected chi connectivity index (χ3v) is 2.36. The number of hydrogen-bond donors (Lipinski definition) is 0. The number of halogens is 15. The highest BCUT2D eigenvalue weighted by atomic mass is 19.4. The molecule has 0 bridgehead atoms. The highest BCUT2D eigenvalue weighted by Gasteiger charge is 2.92. The van der Waals surface area contributed by atoms with Crippen LogP contribution < -0.4 is 0 Å². The summed E-state index contributed by atoms with van der Waals surface area (Å²) in [4.78, 5) is 9.99. The number of hydrogen-bond acceptors (Lipinski definition) is 1. The molecule has 0 rings (SSSR count). The van der Waals surface area contributed by atoms with Gasteiger partial charge in [-0.2, -0.15) is 57.1 Å². The van der Waals surface area contributed by atoms with Crippen LogP contribution >= 0.6 is 0 Å². The van der Waals surface area contributed by atoms with E-state index in [1.54, 1.807) is 0 Å². The average Bonchev–Trinajstić information content (AvgIpc) is 2.35. The van der Waals surface area contributed by atoms with E-state index in [1.807, 2.05) is 0 Å². The second kappa shape index (κ2) is 5.47. The fraction of sp³-hybridized carbons (Fsp3) is 0.857. The zero-order valence-corrected chi connectivity index (χ0v) is 10.0. The van der Waals surface area contributed by atoms with Crippen molar-refractivity contribution < 1.29 is 70.8 Å². The summed E-state index contributed by atoms with van der Waals surface area (Å²) in [6.07, 6.45) is -7.62. The Kier molecular flexibility index (Phi) is 5.11. The van der Waals surface area contributed by atoms with E-state index >= 15 is 0 Å². The van der Waals surface area contributed by atoms with Crippen LogP contribution in [-0.4, -0.2) is 47.0 Å². The molecule has 1 amide bonds. The molecule has 0 aromatic heterocycles. The first-order chi connectivity index (χ1) is 10.1. The predicted molar refractivity (Wildman–Crippen MR) is 39.9 cm³/mol. The van der Waals surface area contributed by atoms with Gasteiger partial charge < -0.3 is 0 Å². The maximum atomic E-state index is 12.7. The lowest BCUT2D eigenvalue weighted by molar-refractivity contribution is -0.437. The van der Waals surface area contributed by atoms with Gasteiger partial charge in [-0.25, -0.2) is 0 Å². The molecule has 0 aliphatic heterocycles. The Balaban J connectivity index is 6.36. The van der Waals surface area contributed by atoms with Crippen molar-refractivity contribution in [3.63, 3.8) is 0 Å². The first-order valence-corrected chi connectivity index (χ1v) is 4.72. The molecule has 0 aromatic rings. The van der Waals surface area contributed by atoms with E-state index in [4.69, 9.17) is 0 Å². The third kappa shape index (κ3) is 2.70. The summed E-state index contributed by atoms with van der Waals surface area (Å²) < 4.78 is 184. The predicted octanol–water partition coefficient (Wildman–Crippen LogP) is 4.32. The first-order valence-electron chi connectivity index (χ1n) is 4.72. The molecule has 0 spiro atoms. The third-order valence-electron chi connectivity index (χ3n) is 2.36. The fourth-order valence-electron chi connectivity index (χ4n) is 1.01. The van der Waals surface area contributed by atoms with Gasteiger partial charge in [-0.05, 0) is 0 Å². The summed E-state index contributed by atoms with van der Waals surface area (Å²) >= 11 is 0. The van der Waals surface area contributed by atoms with E-state index in [1.165, 1.54) is 0 Å². The van der Waals surface area contributed by atoms with Gasteiger partial charge in [0.2, 0.25) is 0 Å². The lowest BCUT2D eigenvalue weighted by Crippen LogP contribution is -2.71. The van der Waals surface area contributed by atoms with Crippen LogP contribution in [0.2, 0.25) is 0 Å². The van der Waals surface area contributed by atoms with Crippen LogP contribution in [0.4, 0.5) is 66.0 Å². The van der Waals surface area contributed by atoms with Gasteiger partial charge in [-0.1, -0.05) is 8.96 Å². The Morgan fingerprint density at radius 1 is 0.542 bits per heavy atom. The maximum absolute atomic E-state index is 12.7. The largest absolute Gasteiger partial charge is 0.460 e. The van der Waals surface area contributed by atoms with Crippen molar-refractivity contribution in [1.29, 1.82) is 0 Å². The van der Waals surface area contributed by atoms with Crippen LogP contribution in [0.25, 0.3) is 0 Å². The summed E-state index contributed by atoms with van der Waals surface area (Å²) in [5.41, 5.74) is 0. The minimum absolute atomic E-state index is 3.48. The van der Waals surface area contributed by atoms with E-state index in [0.717, 1.165) is 0 Å². The molecule has 144 valence electrons. The second-order valence-corrected chi connectivity index (χ2v) is 3.91. The topological polar surface area (TPSA) is 20.3 Å². The summed E-state index contributed by atoms with van der Waals surface area (Å²) in [6, 6.07) is 0. The molecule has 0 saturated heterocycles. The van der Waals surface area contributed by atoms with Gasteiger partial charge in [0, 0.05) is 5.34 Å². The quantitative estimate of drug-likeness (QED) is 0.498. The summed E-state index contributed by atoms with van der Waals surface area (Å²) in [5, 5.41) is -3.48. The minimum atomic E-state index is -8.28. The molecular weight excluding hydrogens is 399 g/mol.